The molecule has 1 aliphatic heterocycles. The summed E-state index contributed by atoms with van der Waals surface area (Å²) >= 11 is 1.41. The quantitative estimate of drug-likeness (QED) is 0.933. The van der Waals surface area contributed by atoms with Crippen LogP contribution < -0.4 is 5.32 Å². The fourth-order valence-corrected chi connectivity index (χ4v) is 2.62. The molecule has 104 valence electrons. The van der Waals surface area contributed by atoms with E-state index >= 15 is 0 Å². The molecule has 1 fully saturated rings. The van der Waals surface area contributed by atoms with Gasteiger partial charge >= 0.3 is 0 Å². The second-order valence-electron chi connectivity index (χ2n) is 4.31. The summed E-state index contributed by atoms with van der Waals surface area (Å²) in [6.45, 7) is 2.44. The summed E-state index contributed by atoms with van der Waals surface area (Å²) in [5, 5.41) is 5.60. The first-order valence-electron chi connectivity index (χ1n) is 6.32. The maximum atomic E-state index is 12.2. The SMILES string of the molecule is O=C(c1csc(Nc2cccnc2)n1)N1CCOCC1. The maximum absolute atomic E-state index is 12.2. The number of amides is 1. The number of aromatic nitrogens is 2. The van der Waals surface area contributed by atoms with E-state index in [2.05, 4.69) is 15.3 Å². The highest BCUT2D eigenvalue weighted by Gasteiger charge is 2.20. The van der Waals surface area contributed by atoms with Crippen molar-refractivity contribution in [2.75, 3.05) is 31.6 Å². The highest BCUT2D eigenvalue weighted by molar-refractivity contribution is 7.14. The van der Waals surface area contributed by atoms with Gasteiger partial charge in [-0.3, -0.25) is 9.78 Å². The maximum Gasteiger partial charge on any atom is 0.273 e. The number of morpholine rings is 1. The molecule has 0 aliphatic carbocycles. The lowest BCUT2D eigenvalue weighted by Gasteiger charge is -2.25. The van der Waals surface area contributed by atoms with Crippen LogP contribution in [0.25, 0.3) is 0 Å². The van der Waals surface area contributed by atoms with Gasteiger partial charge in [0, 0.05) is 24.7 Å². The lowest BCUT2D eigenvalue weighted by atomic mass is 10.3. The molecule has 7 heteroatoms. The van der Waals surface area contributed by atoms with Crippen LogP contribution in [0.3, 0.4) is 0 Å². The minimum absolute atomic E-state index is 0.0382. The summed E-state index contributed by atoms with van der Waals surface area (Å²) in [4.78, 5) is 22.4. The van der Waals surface area contributed by atoms with Gasteiger partial charge in [-0.1, -0.05) is 0 Å². The topological polar surface area (TPSA) is 67.4 Å². The fraction of sp³-hybridized carbons (Fsp3) is 0.308. The van der Waals surface area contributed by atoms with Gasteiger partial charge in [-0.25, -0.2) is 4.98 Å². The summed E-state index contributed by atoms with van der Waals surface area (Å²) in [5.74, 6) is -0.0382. The molecule has 0 radical (unpaired) electrons. The number of hydrogen-bond acceptors (Lipinski definition) is 6. The Kier molecular flexibility index (Phi) is 3.89. The van der Waals surface area contributed by atoms with Crippen molar-refractivity contribution in [3.8, 4) is 0 Å². The first-order valence-corrected chi connectivity index (χ1v) is 7.20. The summed E-state index contributed by atoms with van der Waals surface area (Å²) in [6.07, 6.45) is 3.42. The van der Waals surface area contributed by atoms with Crippen molar-refractivity contribution in [2.24, 2.45) is 0 Å². The predicted octanol–water partition coefficient (Wildman–Crippen LogP) is 1.75. The summed E-state index contributed by atoms with van der Waals surface area (Å²) in [6, 6.07) is 3.74. The molecule has 2 aromatic rings. The number of pyridine rings is 1. The number of hydrogen-bond donors (Lipinski definition) is 1. The van der Waals surface area contributed by atoms with E-state index in [0.717, 1.165) is 5.69 Å². The zero-order chi connectivity index (χ0) is 13.8. The fourth-order valence-electron chi connectivity index (χ4n) is 1.92. The van der Waals surface area contributed by atoms with Crippen LogP contribution >= 0.6 is 11.3 Å². The first kappa shape index (κ1) is 13.0. The smallest absolute Gasteiger partial charge is 0.273 e. The van der Waals surface area contributed by atoms with E-state index < -0.39 is 0 Å². The van der Waals surface area contributed by atoms with Gasteiger partial charge in [0.05, 0.1) is 25.1 Å². The van der Waals surface area contributed by atoms with Crippen molar-refractivity contribution in [3.63, 3.8) is 0 Å². The molecule has 1 amide bonds. The Morgan fingerprint density at radius 1 is 1.40 bits per heavy atom. The van der Waals surface area contributed by atoms with Gasteiger partial charge in [0.25, 0.3) is 5.91 Å². The van der Waals surface area contributed by atoms with Crippen LogP contribution in [0.5, 0.6) is 0 Å². The Bertz CT molecular complexity index is 581. The van der Waals surface area contributed by atoms with Gasteiger partial charge in [0.2, 0.25) is 0 Å². The summed E-state index contributed by atoms with van der Waals surface area (Å²) in [7, 11) is 0. The Morgan fingerprint density at radius 2 is 2.25 bits per heavy atom. The standard InChI is InChI=1S/C13H14N4O2S/c18-12(17-4-6-19-7-5-17)11-9-20-13(16-11)15-10-2-1-3-14-8-10/h1-3,8-9H,4-7H2,(H,15,16). The molecule has 1 aliphatic rings. The second-order valence-corrected chi connectivity index (χ2v) is 5.17. The van der Waals surface area contributed by atoms with Crippen molar-refractivity contribution in [1.82, 2.24) is 14.9 Å². The molecule has 0 atom stereocenters. The third-order valence-corrected chi connectivity index (χ3v) is 3.69. The average Bonchev–Trinajstić information content (AvgIpc) is 2.97. The van der Waals surface area contributed by atoms with E-state index in [1.54, 1.807) is 22.7 Å². The van der Waals surface area contributed by atoms with Crippen LogP contribution in [-0.4, -0.2) is 47.1 Å². The first-order chi connectivity index (χ1) is 9.83. The van der Waals surface area contributed by atoms with Crippen LogP contribution in [0.2, 0.25) is 0 Å². The van der Waals surface area contributed by atoms with Crippen LogP contribution in [0.4, 0.5) is 10.8 Å². The van der Waals surface area contributed by atoms with E-state index in [9.17, 15) is 4.79 Å². The highest BCUT2D eigenvalue weighted by atomic mass is 32.1. The van der Waals surface area contributed by atoms with Gasteiger partial charge in [0.1, 0.15) is 5.69 Å². The Morgan fingerprint density at radius 3 is 3.00 bits per heavy atom. The molecular formula is C13H14N4O2S. The molecule has 0 aromatic carbocycles. The Labute approximate surface area is 120 Å². The number of thiazole rings is 1. The van der Waals surface area contributed by atoms with Crippen LogP contribution in [0.1, 0.15) is 10.5 Å². The van der Waals surface area contributed by atoms with Crippen molar-refractivity contribution < 1.29 is 9.53 Å². The predicted molar refractivity (Wildman–Crippen MR) is 76.4 cm³/mol. The number of carbonyl (C=O) groups excluding carboxylic acids is 1. The normalized spacial score (nSPS) is 15.1. The molecule has 0 unspecified atom stereocenters. The molecule has 2 aromatic heterocycles. The van der Waals surface area contributed by atoms with Gasteiger partial charge in [-0.05, 0) is 12.1 Å². The summed E-state index contributed by atoms with van der Waals surface area (Å²) in [5.41, 5.74) is 1.33. The Hall–Kier alpha value is -1.99. The summed E-state index contributed by atoms with van der Waals surface area (Å²) < 4.78 is 5.24. The van der Waals surface area contributed by atoms with E-state index in [1.807, 2.05) is 12.1 Å². The minimum Gasteiger partial charge on any atom is -0.378 e. The van der Waals surface area contributed by atoms with E-state index in [0.29, 0.717) is 37.1 Å². The minimum atomic E-state index is -0.0382. The number of nitrogens with zero attached hydrogens (tertiary/aromatic N) is 3. The Balaban J connectivity index is 1.68. The van der Waals surface area contributed by atoms with Crippen molar-refractivity contribution in [1.29, 1.82) is 0 Å². The van der Waals surface area contributed by atoms with Crippen LogP contribution in [0.15, 0.2) is 29.9 Å². The van der Waals surface area contributed by atoms with Gasteiger partial charge in [-0.15, -0.1) is 11.3 Å². The average molecular weight is 290 g/mol. The van der Waals surface area contributed by atoms with Gasteiger partial charge in [-0.2, -0.15) is 0 Å². The van der Waals surface area contributed by atoms with Crippen LogP contribution in [0, 0.1) is 0 Å². The zero-order valence-corrected chi connectivity index (χ0v) is 11.6. The highest BCUT2D eigenvalue weighted by Crippen LogP contribution is 2.21. The third kappa shape index (κ3) is 2.94. The number of ether oxygens (including phenoxy) is 1. The lowest BCUT2D eigenvalue weighted by molar-refractivity contribution is 0.0299. The van der Waals surface area contributed by atoms with Crippen molar-refractivity contribution >= 4 is 28.1 Å². The molecule has 0 saturated carbocycles. The largest absolute Gasteiger partial charge is 0.378 e. The molecule has 6 nitrogen and oxygen atoms in total. The monoisotopic (exact) mass is 290 g/mol. The molecule has 3 rings (SSSR count). The lowest BCUT2D eigenvalue weighted by Crippen LogP contribution is -2.40. The van der Waals surface area contributed by atoms with E-state index in [4.69, 9.17) is 4.74 Å². The van der Waals surface area contributed by atoms with Crippen molar-refractivity contribution in [2.45, 2.75) is 0 Å². The molecule has 0 bridgehead atoms. The second kappa shape index (κ2) is 5.98. The third-order valence-electron chi connectivity index (χ3n) is 2.93. The zero-order valence-electron chi connectivity index (χ0n) is 10.8. The number of carbonyl (C=O) groups is 1. The number of rotatable bonds is 3. The number of anilines is 2. The van der Waals surface area contributed by atoms with E-state index in [1.165, 1.54) is 11.3 Å². The molecule has 0 spiro atoms. The van der Waals surface area contributed by atoms with Crippen LogP contribution in [-0.2, 0) is 4.74 Å². The van der Waals surface area contributed by atoms with Gasteiger partial charge in [0.15, 0.2) is 5.13 Å². The molecular weight excluding hydrogens is 276 g/mol. The van der Waals surface area contributed by atoms with Gasteiger partial charge < -0.3 is 15.0 Å². The van der Waals surface area contributed by atoms with Crippen molar-refractivity contribution in [3.05, 3.63) is 35.6 Å². The number of nitrogens with one attached hydrogen (secondary N) is 1. The molecule has 20 heavy (non-hydrogen) atoms. The molecule has 1 N–H and O–H groups in total. The van der Waals surface area contributed by atoms with E-state index in [-0.39, 0.29) is 5.91 Å². The molecule has 1 saturated heterocycles. The molecule has 3 heterocycles.